The van der Waals surface area contributed by atoms with E-state index in [1.54, 1.807) is 7.11 Å². The van der Waals surface area contributed by atoms with Crippen LogP contribution < -0.4 is 11.1 Å². The molecule has 84 valence electrons. The van der Waals surface area contributed by atoms with Crippen molar-refractivity contribution in [3.05, 3.63) is 22.2 Å². The maximum atomic E-state index is 5.79. The van der Waals surface area contributed by atoms with Crippen molar-refractivity contribution in [2.75, 3.05) is 24.7 Å². The lowest BCUT2D eigenvalue weighted by Crippen LogP contribution is -2.18. The summed E-state index contributed by atoms with van der Waals surface area (Å²) in [6.07, 6.45) is 0.190. The third kappa shape index (κ3) is 3.39. The van der Waals surface area contributed by atoms with Crippen LogP contribution in [0, 0.1) is 6.92 Å². The van der Waals surface area contributed by atoms with Crippen LogP contribution in [0.2, 0.25) is 0 Å². The van der Waals surface area contributed by atoms with E-state index in [0.29, 0.717) is 0 Å². The summed E-state index contributed by atoms with van der Waals surface area (Å²) in [6, 6.07) is 3.94. The SMILES string of the molecule is COC(C)CNc1cc(C)c(N)cc1Br. The van der Waals surface area contributed by atoms with E-state index in [0.717, 1.165) is 28.0 Å². The second-order valence-electron chi connectivity index (χ2n) is 3.62. The number of benzene rings is 1. The van der Waals surface area contributed by atoms with E-state index in [2.05, 4.69) is 21.2 Å². The summed E-state index contributed by atoms with van der Waals surface area (Å²) in [5.74, 6) is 0. The lowest BCUT2D eigenvalue weighted by Gasteiger charge is -2.14. The summed E-state index contributed by atoms with van der Waals surface area (Å²) in [7, 11) is 1.70. The minimum atomic E-state index is 0.190. The summed E-state index contributed by atoms with van der Waals surface area (Å²) in [4.78, 5) is 0. The molecule has 4 heteroatoms. The Balaban J connectivity index is 2.73. The van der Waals surface area contributed by atoms with Gasteiger partial charge in [-0.2, -0.15) is 0 Å². The van der Waals surface area contributed by atoms with Gasteiger partial charge >= 0.3 is 0 Å². The van der Waals surface area contributed by atoms with Crippen molar-refractivity contribution in [2.24, 2.45) is 0 Å². The number of ether oxygens (including phenoxy) is 1. The number of aryl methyl sites for hydroxylation is 1. The zero-order valence-electron chi connectivity index (χ0n) is 9.30. The Hall–Kier alpha value is -0.740. The molecule has 3 nitrogen and oxygen atoms in total. The van der Waals surface area contributed by atoms with Crippen LogP contribution in [0.1, 0.15) is 12.5 Å². The van der Waals surface area contributed by atoms with Crippen LogP contribution in [-0.2, 0) is 4.74 Å². The average Bonchev–Trinajstić information content (AvgIpc) is 2.21. The normalized spacial score (nSPS) is 12.5. The van der Waals surface area contributed by atoms with Crippen molar-refractivity contribution >= 4 is 27.3 Å². The van der Waals surface area contributed by atoms with Gasteiger partial charge in [-0.3, -0.25) is 0 Å². The third-order valence-electron chi connectivity index (χ3n) is 2.34. The molecule has 0 aliphatic carbocycles. The Morgan fingerprint density at radius 2 is 2.20 bits per heavy atom. The molecular weight excluding hydrogens is 256 g/mol. The number of halogens is 1. The van der Waals surface area contributed by atoms with Crippen molar-refractivity contribution in [1.82, 2.24) is 0 Å². The van der Waals surface area contributed by atoms with Crippen LogP contribution in [0.5, 0.6) is 0 Å². The fourth-order valence-electron chi connectivity index (χ4n) is 1.17. The van der Waals surface area contributed by atoms with Crippen molar-refractivity contribution in [1.29, 1.82) is 0 Å². The molecule has 1 rings (SSSR count). The van der Waals surface area contributed by atoms with E-state index in [9.17, 15) is 0 Å². The van der Waals surface area contributed by atoms with Crippen LogP contribution in [0.15, 0.2) is 16.6 Å². The molecule has 1 atom stereocenters. The van der Waals surface area contributed by atoms with Gasteiger partial charge in [-0.1, -0.05) is 0 Å². The molecule has 0 saturated heterocycles. The summed E-state index contributed by atoms with van der Waals surface area (Å²) in [5, 5.41) is 3.30. The number of rotatable bonds is 4. The first kappa shape index (κ1) is 12.3. The zero-order chi connectivity index (χ0) is 11.4. The molecule has 1 aromatic carbocycles. The first-order chi connectivity index (χ1) is 7.04. The highest BCUT2D eigenvalue weighted by Gasteiger charge is 2.05. The number of methoxy groups -OCH3 is 1. The van der Waals surface area contributed by atoms with Gasteiger partial charge in [-0.25, -0.2) is 0 Å². The zero-order valence-corrected chi connectivity index (χ0v) is 10.9. The Bertz CT molecular complexity index is 342. The van der Waals surface area contributed by atoms with Crippen LogP contribution in [0.4, 0.5) is 11.4 Å². The smallest absolute Gasteiger partial charge is 0.0715 e. The van der Waals surface area contributed by atoms with Crippen LogP contribution in [0.3, 0.4) is 0 Å². The van der Waals surface area contributed by atoms with Gasteiger partial charge in [0.15, 0.2) is 0 Å². The van der Waals surface area contributed by atoms with Crippen molar-refractivity contribution in [2.45, 2.75) is 20.0 Å². The number of nitrogens with two attached hydrogens (primary N) is 1. The predicted octanol–water partition coefficient (Wildman–Crippen LogP) is 2.79. The summed E-state index contributed by atoms with van der Waals surface area (Å²) in [6.45, 7) is 4.79. The van der Waals surface area contributed by atoms with E-state index in [1.165, 1.54) is 0 Å². The minimum Gasteiger partial charge on any atom is -0.398 e. The molecule has 1 unspecified atom stereocenters. The Morgan fingerprint density at radius 3 is 2.80 bits per heavy atom. The molecule has 0 fully saturated rings. The van der Waals surface area contributed by atoms with Gasteiger partial charge in [0, 0.05) is 29.5 Å². The maximum absolute atomic E-state index is 5.79. The van der Waals surface area contributed by atoms with Gasteiger partial charge in [0.2, 0.25) is 0 Å². The summed E-state index contributed by atoms with van der Waals surface area (Å²) in [5.41, 5.74) is 8.71. The van der Waals surface area contributed by atoms with E-state index in [-0.39, 0.29) is 6.10 Å². The van der Waals surface area contributed by atoms with Gasteiger partial charge in [0.05, 0.1) is 6.10 Å². The second kappa shape index (κ2) is 5.37. The van der Waals surface area contributed by atoms with Gasteiger partial charge in [-0.15, -0.1) is 0 Å². The van der Waals surface area contributed by atoms with Crippen LogP contribution >= 0.6 is 15.9 Å². The van der Waals surface area contributed by atoms with Gasteiger partial charge in [0.1, 0.15) is 0 Å². The highest BCUT2D eigenvalue weighted by atomic mass is 79.9. The monoisotopic (exact) mass is 272 g/mol. The first-order valence-electron chi connectivity index (χ1n) is 4.87. The standard InChI is InChI=1S/C11H17BrN2O/c1-7-4-11(9(12)5-10(7)13)14-6-8(2)15-3/h4-5,8,14H,6,13H2,1-3H3. The lowest BCUT2D eigenvalue weighted by atomic mass is 10.2. The van der Waals surface area contributed by atoms with Crippen LogP contribution in [-0.4, -0.2) is 19.8 Å². The van der Waals surface area contributed by atoms with Crippen molar-refractivity contribution in [3.8, 4) is 0 Å². The van der Waals surface area contributed by atoms with E-state index in [1.807, 2.05) is 26.0 Å². The fourth-order valence-corrected chi connectivity index (χ4v) is 1.67. The fraction of sp³-hybridized carbons (Fsp3) is 0.455. The van der Waals surface area contributed by atoms with E-state index < -0.39 is 0 Å². The highest BCUT2D eigenvalue weighted by molar-refractivity contribution is 9.10. The molecule has 0 spiro atoms. The third-order valence-corrected chi connectivity index (χ3v) is 2.99. The molecule has 0 aliphatic heterocycles. The number of nitrogens with one attached hydrogen (secondary N) is 1. The topological polar surface area (TPSA) is 47.3 Å². The Kier molecular flexibility index (Phi) is 4.42. The maximum Gasteiger partial charge on any atom is 0.0715 e. The number of hydrogen-bond acceptors (Lipinski definition) is 3. The quantitative estimate of drug-likeness (QED) is 0.829. The molecule has 0 heterocycles. The molecule has 15 heavy (non-hydrogen) atoms. The Morgan fingerprint density at radius 1 is 1.53 bits per heavy atom. The predicted molar refractivity (Wildman–Crippen MR) is 68.3 cm³/mol. The molecule has 0 aromatic heterocycles. The second-order valence-corrected chi connectivity index (χ2v) is 4.47. The molecule has 0 radical (unpaired) electrons. The van der Waals surface area contributed by atoms with Crippen molar-refractivity contribution in [3.63, 3.8) is 0 Å². The number of anilines is 2. The van der Waals surface area contributed by atoms with E-state index >= 15 is 0 Å². The van der Waals surface area contributed by atoms with E-state index in [4.69, 9.17) is 10.5 Å². The number of nitrogen functional groups attached to an aromatic ring is 1. The summed E-state index contributed by atoms with van der Waals surface area (Å²) >= 11 is 3.47. The molecule has 0 saturated carbocycles. The molecule has 1 aromatic rings. The van der Waals surface area contributed by atoms with Crippen molar-refractivity contribution < 1.29 is 4.74 Å². The molecule has 0 amide bonds. The Labute approximate surface area is 99.1 Å². The summed E-state index contributed by atoms with van der Waals surface area (Å²) < 4.78 is 6.14. The molecule has 3 N–H and O–H groups in total. The minimum absolute atomic E-state index is 0.190. The molecular formula is C11H17BrN2O. The number of hydrogen-bond donors (Lipinski definition) is 2. The molecule has 0 aliphatic rings. The van der Waals surface area contributed by atoms with Gasteiger partial charge in [0.25, 0.3) is 0 Å². The first-order valence-corrected chi connectivity index (χ1v) is 5.66. The van der Waals surface area contributed by atoms with Gasteiger partial charge in [-0.05, 0) is 47.5 Å². The largest absolute Gasteiger partial charge is 0.398 e. The van der Waals surface area contributed by atoms with Gasteiger partial charge < -0.3 is 15.8 Å². The lowest BCUT2D eigenvalue weighted by molar-refractivity contribution is 0.129. The van der Waals surface area contributed by atoms with Crippen LogP contribution in [0.25, 0.3) is 0 Å². The highest BCUT2D eigenvalue weighted by Crippen LogP contribution is 2.27. The average molecular weight is 273 g/mol. The molecule has 0 bridgehead atoms.